The zero-order valence-electron chi connectivity index (χ0n) is 11.8. The second kappa shape index (κ2) is 5.48. The SMILES string of the molecule is CN(CCNCC1CCC2(CCCC2)O1)C1CC1. The third kappa shape index (κ3) is 3.06. The van der Waals surface area contributed by atoms with Crippen molar-refractivity contribution in [3.63, 3.8) is 0 Å². The number of rotatable bonds is 6. The molecule has 0 aromatic heterocycles. The van der Waals surface area contributed by atoms with Gasteiger partial charge < -0.3 is 15.0 Å². The van der Waals surface area contributed by atoms with E-state index < -0.39 is 0 Å². The van der Waals surface area contributed by atoms with Gasteiger partial charge in [0.2, 0.25) is 0 Å². The van der Waals surface area contributed by atoms with Crippen molar-refractivity contribution in [1.29, 1.82) is 0 Å². The molecule has 1 unspecified atom stereocenters. The minimum Gasteiger partial charge on any atom is -0.370 e. The first-order valence-electron chi connectivity index (χ1n) is 7.86. The molecule has 2 aliphatic carbocycles. The molecule has 0 aromatic rings. The zero-order valence-corrected chi connectivity index (χ0v) is 11.8. The van der Waals surface area contributed by atoms with Crippen molar-refractivity contribution < 1.29 is 4.74 Å². The summed E-state index contributed by atoms with van der Waals surface area (Å²) >= 11 is 0. The average Bonchev–Trinajstić information content (AvgIpc) is 3.02. The molecule has 1 spiro atoms. The van der Waals surface area contributed by atoms with Crippen LogP contribution in [-0.2, 0) is 4.74 Å². The van der Waals surface area contributed by atoms with E-state index in [2.05, 4.69) is 17.3 Å². The van der Waals surface area contributed by atoms with E-state index in [4.69, 9.17) is 4.74 Å². The summed E-state index contributed by atoms with van der Waals surface area (Å²) in [7, 11) is 2.25. The van der Waals surface area contributed by atoms with E-state index in [1.807, 2.05) is 0 Å². The summed E-state index contributed by atoms with van der Waals surface area (Å²) in [5, 5.41) is 3.58. The highest BCUT2D eigenvalue weighted by Gasteiger charge is 2.41. The minimum absolute atomic E-state index is 0.303. The lowest BCUT2D eigenvalue weighted by Gasteiger charge is -2.24. The number of hydrogen-bond donors (Lipinski definition) is 1. The van der Waals surface area contributed by atoms with E-state index in [-0.39, 0.29) is 0 Å². The largest absolute Gasteiger partial charge is 0.370 e. The fraction of sp³-hybridized carbons (Fsp3) is 1.00. The highest BCUT2D eigenvalue weighted by atomic mass is 16.5. The van der Waals surface area contributed by atoms with E-state index in [0.29, 0.717) is 11.7 Å². The normalized spacial score (nSPS) is 30.7. The lowest BCUT2D eigenvalue weighted by Crippen LogP contribution is -2.35. The van der Waals surface area contributed by atoms with Crippen molar-refractivity contribution in [1.82, 2.24) is 10.2 Å². The predicted molar refractivity (Wildman–Crippen MR) is 73.8 cm³/mol. The molecule has 0 amide bonds. The van der Waals surface area contributed by atoms with Gasteiger partial charge in [-0.15, -0.1) is 0 Å². The van der Waals surface area contributed by atoms with Gasteiger partial charge in [-0.25, -0.2) is 0 Å². The number of hydrogen-bond acceptors (Lipinski definition) is 3. The Balaban J connectivity index is 1.29. The molecule has 104 valence electrons. The molecular weight excluding hydrogens is 224 g/mol. The molecule has 18 heavy (non-hydrogen) atoms. The Labute approximate surface area is 111 Å². The molecule has 0 bridgehead atoms. The summed E-state index contributed by atoms with van der Waals surface area (Å²) in [4.78, 5) is 2.49. The van der Waals surface area contributed by atoms with Crippen molar-refractivity contribution in [2.45, 2.75) is 69.1 Å². The average molecular weight is 252 g/mol. The van der Waals surface area contributed by atoms with Crippen molar-refractivity contribution in [3.8, 4) is 0 Å². The van der Waals surface area contributed by atoms with Gasteiger partial charge in [0.05, 0.1) is 11.7 Å². The molecule has 1 N–H and O–H groups in total. The Kier molecular flexibility index (Phi) is 3.92. The summed E-state index contributed by atoms with van der Waals surface area (Å²) in [6, 6.07) is 0.885. The topological polar surface area (TPSA) is 24.5 Å². The molecule has 3 nitrogen and oxygen atoms in total. The maximum Gasteiger partial charge on any atom is 0.0708 e. The van der Waals surface area contributed by atoms with Gasteiger partial charge in [0.15, 0.2) is 0 Å². The van der Waals surface area contributed by atoms with Crippen LogP contribution in [0.5, 0.6) is 0 Å². The second-order valence-electron chi connectivity index (χ2n) is 6.58. The van der Waals surface area contributed by atoms with E-state index in [1.165, 1.54) is 57.9 Å². The van der Waals surface area contributed by atoms with Gasteiger partial charge in [-0.1, -0.05) is 12.8 Å². The third-order valence-electron chi connectivity index (χ3n) is 5.04. The Bertz CT molecular complexity index is 272. The minimum atomic E-state index is 0.303. The maximum atomic E-state index is 6.30. The fourth-order valence-corrected chi connectivity index (χ4v) is 3.64. The van der Waals surface area contributed by atoms with Gasteiger partial charge in [-0.05, 0) is 45.6 Å². The number of ether oxygens (including phenoxy) is 1. The first-order chi connectivity index (χ1) is 8.77. The Morgan fingerprint density at radius 1 is 1.17 bits per heavy atom. The molecular formula is C15H28N2O. The van der Waals surface area contributed by atoms with Gasteiger partial charge in [-0.3, -0.25) is 0 Å². The van der Waals surface area contributed by atoms with Crippen LogP contribution in [0.25, 0.3) is 0 Å². The first kappa shape index (κ1) is 12.9. The van der Waals surface area contributed by atoms with Crippen LogP contribution in [0.4, 0.5) is 0 Å². The summed E-state index contributed by atoms with van der Waals surface area (Å²) < 4.78 is 6.30. The summed E-state index contributed by atoms with van der Waals surface area (Å²) in [6.45, 7) is 3.35. The predicted octanol–water partition coefficient (Wildman–Crippen LogP) is 2.16. The number of likely N-dealkylation sites (N-methyl/N-ethyl adjacent to an activating group) is 1. The van der Waals surface area contributed by atoms with Crippen LogP contribution in [0.2, 0.25) is 0 Å². The first-order valence-corrected chi connectivity index (χ1v) is 7.86. The molecule has 2 saturated carbocycles. The van der Waals surface area contributed by atoms with Crippen molar-refractivity contribution in [2.75, 3.05) is 26.7 Å². The molecule has 0 radical (unpaired) electrons. The van der Waals surface area contributed by atoms with E-state index in [9.17, 15) is 0 Å². The maximum absolute atomic E-state index is 6.30. The van der Waals surface area contributed by atoms with Gasteiger partial charge in [0, 0.05) is 25.7 Å². The van der Waals surface area contributed by atoms with Crippen LogP contribution >= 0.6 is 0 Å². The number of nitrogens with zero attached hydrogens (tertiary/aromatic N) is 1. The van der Waals surface area contributed by atoms with Crippen LogP contribution in [0.1, 0.15) is 51.4 Å². The van der Waals surface area contributed by atoms with Gasteiger partial charge in [-0.2, -0.15) is 0 Å². The summed E-state index contributed by atoms with van der Waals surface area (Å²) in [5.41, 5.74) is 0.303. The van der Waals surface area contributed by atoms with E-state index in [1.54, 1.807) is 0 Å². The van der Waals surface area contributed by atoms with Crippen LogP contribution in [0.15, 0.2) is 0 Å². The van der Waals surface area contributed by atoms with Crippen LogP contribution in [0.3, 0.4) is 0 Å². The molecule has 1 atom stereocenters. The Morgan fingerprint density at radius 2 is 1.94 bits per heavy atom. The molecule has 3 heteroatoms. The lowest BCUT2D eigenvalue weighted by molar-refractivity contribution is -0.0351. The highest BCUT2D eigenvalue weighted by Crippen LogP contribution is 2.43. The van der Waals surface area contributed by atoms with Crippen LogP contribution in [0, 0.1) is 0 Å². The molecule has 3 rings (SSSR count). The highest BCUT2D eigenvalue weighted by molar-refractivity contribution is 4.93. The van der Waals surface area contributed by atoms with Crippen molar-refractivity contribution >= 4 is 0 Å². The Hall–Kier alpha value is -0.120. The van der Waals surface area contributed by atoms with Gasteiger partial charge in [0.1, 0.15) is 0 Å². The van der Waals surface area contributed by atoms with Crippen LogP contribution < -0.4 is 5.32 Å². The monoisotopic (exact) mass is 252 g/mol. The van der Waals surface area contributed by atoms with E-state index >= 15 is 0 Å². The van der Waals surface area contributed by atoms with Crippen molar-refractivity contribution in [2.24, 2.45) is 0 Å². The molecule has 3 fully saturated rings. The number of nitrogens with one attached hydrogen (secondary N) is 1. The summed E-state index contributed by atoms with van der Waals surface area (Å²) in [5.74, 6) is 0. The van der Waals surface area contributed by atoms with Crippen molar-refractivity contribution in [3.05, 3.63) is 0 Å². The molecule has 0 aromatic carbocycles. The second-order valence-corrected chi connectivity index (χ2v) is 6.58. The van der Waals surface area contributed by atoms with Gasteiger partial charge in [0.25, 0.3) is 0 Å². The molecule has 3 aliphatic rings. The third-order valence-corrected chi connectivity index (χ3v) is 5.04. The molecule has 1 heterocycles. The van der Waals surface area contributed by atoms with Gasteiger partial charge >= 0.3 is 0 Å². The Morgan fingerprint density at radius 3 is 2.67 bits per heavy atom. The molecule has 1 saturated heterocycles. The van der Waals surface area contributed by atoms with E-state index in [0.717, 1.165) is 19.1 Å². The lowest BCUT2D eigenvalue weighted by atomic mass is 9.98. The standard InChI is InChI=1S/C15H28N2O/c1-17(13-4-5-13)11-10-16-12-14-6-9-15(18-14)7-2-3-8-15/h13-14,16H,2-12H2,1H3. The quantitative estimate of drug-likeness (QED) is 0.733. The molecule has 1 aliphatic heterocycles. The zero-order chi connectivity index (χ0) is 12.4. The smallest absolute Gasteiger partial charge is 0.0708 e. The fourth-order valence-electron chi connectivity index (χ4n) is 3.64. The van der Waals surface area contributed by atoms with Crippen LogP contribution in [-0.4, -0.2) is 49.3 Å². The summed E-state index contributed by atoms with van der Waals surface area (Å²) in [6.07, 6.45) is 11.3.